The minimum absolute atomic E-state index is 0.195. The van der Waals surface area contributed by atoms with Gasteiger partial charge in [0.25, 0.3) is 15.9 Å². The Morgan fingerprint density at radius 3 is 2.00 bits per heavy atom. The summed E-state index contributed by atoms with van der Waals surface area (Å²) in [6.07, 6.45) is 0. The molecule has 0 bridgehead atoms. The first-order valence-electron chi connectivity index (χ1n) is 11.2. The zero-order valence-electron chi connectivity index (χ0n) is 19.9. The minimum Gasteiger partial charge on any atom is -0.484 e. The van der Waals surface area contributed by atoms with Crippen molar-refractivity contribution in [3.8, 4) is 17.2 Å². The van der Waals surface area contributed by atoms with E-state index in [2.05, 4.69) is 5.32 Å². The quantitative estimate of drug-likeness (QED) is 0.321. The zero-order chi connectivity index (χ0) is 25.5. The van der Waals surface area contributed by atoms with Crippen molar-refractivity contribution in [3.63, 3.8) is 0 Å². The van der Waals surface area contributed by atoms with Crippen LogP contribution in [0.1, 0.15) is 5.56 Å². The van der Waals surface area contributed by atoms with Crippen LogP contribution in [0.2, 0.25) is 0 Å². The largest absolute Gasteiger partial charge is 0.484 e. The fourth-order valence-electron chi connectivity index (χ4n) is 3.34. The maximum atomic E-state index is 12.9. The third-order valence-electron chi connectivity index (χ3n) is 5.37. The van der Waals surface area contributed by atoms with Gasteiger partial charge in [-0.1, -0.05) is 35.9 Å². The normalized spacial score (nSPS) is 10.9. The molecule has 0 aliphatic rings. The summed E-state index contributed by atoms with van der Waals surface area (Å²) < 4.78 is 38.2. The van der Waals surface area contributed by atoms with Crippen LogP contribution in [0.3, 0.4) is 0 Å². The van der Waals surface area contributed by atoms with E-state index in [0.717, 1.165) is 11.3 Å². The van der Waals surface area contributed by atoms with E-state index in [4.69, 9.17) is 9.47 Å². The first-order chi connectivity index (χ1) is 17.3. The average molecular weight is 503 g/mol. The molecule has 4 aromatic carbocycles. The van der Waals surface area contributed by atoms with Crippen LogP contribution in [0.25, 0.3) is 0 Å². The van der Waals surface area contributed by atoms with Crippen molar-refractivity contribution in [1.29, 1.82) is 0 Å². The van der Waals surface area contributed by atoms with E-state index in [1.54, 1.807) is 72.8 Å². The maximum absolute atomic E-state index is 12.9. The number of nitrogens with one attached hydrogen (secondary N) is 1. The Hall–Kier alpha value is -4.30. The number of rotatable bonds is 9. The second kappa shape index (κ2) is 11.0. The van der Waals surface area contributed by atoms with E-state index in [-0.39, 0.29) is 17.4 Å². The van der Waals surface area contributed by atoms with Gasteiger partial charge in [-0.25, -0.2) is 8.42 Å². The summed E-state index contributed by atoms with van der Waals surface area (Å²) in [5.41, 5.74) is 2.07. The number of hydrogen-bond acceptors (Lipinski definition) is 5. The molecule has 0 aromatic heterocycles. The lowest BCUT2D eigenvalue weighted by molar-refractivity contribution is -0.118. The van der Waals surface area contributed by atoms with Gasteiger partial charge in [-0.05, 0) is 79.7 Å². The van der Waals surface area contributed by atoms with Crippen LogP contribution >= 0.6 is 0 Å². The monoisotopic (exact) mass is 502 g/mol. The lowest BCUT2D eigenvalue weighted by atomic mass is 10.2. The van der Waals surface area contributed by atoms with Crippen molar-refractivity contribution in [2.45, 2.75) is 11.8 Å². The van der Waals surface area contributed by atoms with Gasteiger partial charge < -0.3 is 14.8 Å². The Morgan fingerprint density at radius 2 is 1.36 bits per heavy atom. The Kier molecular flexibility index (Phi) is 7.56. The number of carbonyl (C=O) groups excluding carboxylic acids is 1. The van der Waals surface area contributed by atoms with Gasteiger partial charge in [0.15, 0.2) is 6.61 Å². The molecule has 4 aromatic rings. The smallest absolute Gasteiger partial charge is 0.264 e. The molecule has 0 heterocycles. The second-order valence-electron chi connectivity index (χ2n) is 8.06. The molecular weight excluding hydrogens is 476 g/mol. The van der Waals surface area contributed by atoms with Gasteiger partial charge in [0.2, 0.25) is 0 Å². The lowest BCUT2D eigenvalue weighted by Crippen LogP contribution is -2.26. The minimum atomic E-state index is -3.68. The highest BCUT2D eigenvalue weighted by Crippen LogP contribution is 2.25. The number of amides is 1. The number of hydrogen-bond donors (Lipinski definition) is 1. The summed E-state index contributed by atoms with van der Waals surface area (Å²) >= 11 is 0. The van der Waals surface area contributed by atoms with E-state index >= 15 is 0 Å². The number of para-hydroxylation sites is 1. The number of aryl methyl sites for hydroxylation is 1. The highest BCUT2D eigenvalue weighted by molar-refractivity contribution is 7.92. The molecule has 1 amide bonds. The van der Waals surface area contributed by atoms with Crippen LogP contribution in [0, 0.1) is 6.92 Å². The van der Waals surface area contributed by atoms with E-state index in [0.29, 0.717) is 22.9 Å². The van der Waals surface area contributed by atoms with Crippen LogP contribution in [0.5, 0.6) is 17.2 Å². The Balaban J connectivity index is 1.29. The van der Waals surface area contributed by atoms with Gasteiger partial charge in [-0.15, -0.1) is 0 Å². The van der Waals surface area contributed by atoms with Crippen molar-refractivity contribution >= 4 is 27.3 Å². The molecular formula is C28H26N2O5S. The Labute approximate surface area is 211 Å². The number of anilines is 2. The van der Waals surface area contributed by atoms with E-state index in [1.807, 2.05) is 37.3 Å². The molecule has 1 N–H and O–H groups in total. The van der Waals surface area contributed by atoms with Crippen LogP contribution in [-0.4, -0.2) is 28.0 Å². The molecule has 0 spiro atoms. The van der Waals surface area contributed by atoms with Gasteiger partial charge in [-0.3, -0.25) is 9.10 Å². The average Bonchev–Trinajstić information content (AvgIpc) is 2.89. The van der Waals surface area contributed by atoms with Gasteiger partial charge in [0, 0.05) is 12.7 Å². The molecule has 7 nitrogen and oxygen atoms in total. The first-order valence-corrected chi connectivity index (χ1v) is 12.7. The van der Waals surface area contributed by atoms with Crippen molar-refractivity contribution in [3.05, 3.63) is 109 Å². The molecule has 0 atom stereocenters. The van der Waals surface area contributed by atoms with E-state index in [9.17, 15) is 13.2 Å². The number of nitrogens with zero attached hydrogens (tertiary/aromatic N) is 1. The lowest BCUT2D eigenvalue weighted by Gasteiger charge is -2.20. The highest BCUT2D eigenvalue weighted by Gasteiger charge is 2.21. The topological polar surface area (TPSA) is 84.9 Å². The Morgan fingerprint density at radius 1 is 0.778 bits per heavy atom. The standard InChI is InChI=1S/C28H26N2O5S/c1-21-8-18-27(19-9-21)36(32,33)30(2)23-12-16-24(17-13-23)34-20-28(31)29-22-10-14-26(15-11-22)35-25-6-4-3-5-7-25/h3-19H,20H2,1-2H3,(H,29,31). The van der Waals surface area contributed by atoms with Gasteiger partial charge in [-0.2, -0.15) is 0 Å². The highest BCUT2D eigenvalue weighted by atomic mass is 32.2. The third-order valence-corrected chi connectivity index (χ3v) is 7.17. The summed E-state index contributed by atoms with van der Waals surface area (Å²) in [6.45, 7) is 1.70. The van der Waals surface area contributed by atoms with Crippen molar-refractivity contribution in [2.75, 3.05) is 23.3 Å². The first kappa shape index (κ1) is 24.8. The van der Waals surface area contributed by atoms with Crippen LogP contribution in [0.15, 0.2) is 108 Å². The molecule has 0 saturated carbocycles. The molecule has 0 unspecified atom stereocenters. The van der Waals surface area contributed by atoms with Crippen LogP contribution in [0.4, 0.5) is 11.4 Å². The predicted molar refractivity (Wildman–Crippen MR) is 140 cm³/mol. The summed E-state index contributed by atoms with van der Waals surface area (Å²) in [4.78, 5) is 12.5. The SMILES string of the molecule is Cc1ccc(S(=O)(=O)N(C)c2ccc(OCC(=O)Nc3ccc(Oc4ccccc4)cc3)cc2)cc1. The fourth-order valence-corrected chi connectivity index (χ4v) is 4.53. The molecule has 8 heteroatoms. The molecule has 184 valence electrons. The maximum Gasteiger partial charge on any atom is 0.264 e. The molecule has 0 aliphatic carbocycles. The molecule has 4 rings (SSSR count). The third kappa shape index (κ3) is 6.22. The number of ether oxygens (including phenoxy) is 2. The van der Waals surface area contributed by atoms with Crippen LogP contribution < -0.4 is 19.1 Å². The Bertz CT molecular complexity index is 1400. The van der Waals surface area contributed by atoms with Gasteiger partial charge in [0.1, 0.15) is 17.2 Å². The van der Waals surface area contributed by atoms with Crippen LogP contribution in [-0.2, 0) is 14.8 Å². The van der Waals surface area contributed by atoms with Gasteiger partial charge >= 0.3 is 0 Å². The second-order valence-corrected chi connectivity index (χ2v) is 10.0. The number of sulfonamides is 1. The predicted octanol–water partition coefficient (Wildman–Crippen LogP) is 5.63. The summed E-state index contributed by atoms with van der Waals surface area (Å²) in [7, 11) is -2.19. The zero-order valence-corrected chi connectivity index (χ0v) is 20.7. The van der Waals surface area contributed by atoms with Crippen molar-refractivity contribution in [1.82, 2.24) is 0 Å². The number of benzene rings is 4. The van der Waals surface area contributed by atoms with E-state index in [1.165, 1.54) is 11.4 Å². The summed E-state index contributed by atoms with van der Waals surface area (Å²) in [5, 5.41) is 2.77. The fraction of sp³-hybridized carbons (Fsp3) is 0.107. The molecule has 0 fully saturated rings. The molecule has 0 aliphatic heterocycles. The summed E-state index contributed by atoms with van der Waals surface area (Å²) in [5.74, 6) is 1.51. The molecule has 36 heavy (non-hydrogen) atoms. The number of carbonyl (C=O) groups is 1. The van der Waals surface area contributed by atoms with Crippen molar-refractivity contribution < 1.29 is 22.7 Å². The summed E-state index contributed by atoms with van der Waals surface area (Å²) in [6, 6.07) is 29.6. The van der Waals surface area contributed by atoms with E-state index < -0.39 is 10.0 Å². The van der Waals surface area contributed by atoms with Gasteiger partial charge in [0.05, 0.1) is 10.6 Å². The molecule has 0 saturated heterocycles. The molecule has 0 radical (unpaired) electrons. The van der Waals surface area contributed by atoms with Crippen molar-refractivity contribution in [2.24, 2.45) is 0 Å².